The van der Waals surface area contributed by atoms with E-state index in [9.17, 15) is 5.11 Å². The first kappa shape index (κ1) is 9.79. The van der Waals surface area contributed by atoms with Gasteiger partial charge in [-0.15, -0.1) is 11.6 Å². The predicted molar refractivity (Wildman–Crippen MR) is 54.9 cm³/mol. The molecule has 4 atom stereocenters. The summed E-state index contributed by atoms with van der Waals surface area (Å²) in [5, 5.41) is 9.70. The van der Waals surface area contributed by atoms with Crippen molar-refractivity contribution in [1.29, 1.82) is 0 Å². The van der Waals surface area contributed by atoms with Crippen LogP contribution in [0.1, 0.15) is 45.4 Å². The van der Waals surface area contributed by atoms with Gasteiger partial charge >= 0.3 is 0 Å². The Morgan fingerprint density at radius 2 is 2.15 bits per heavy atom. The molecule has 0 radical (unpaired) electrons. The molecule has 13 heavy (non-hydrogen) atoms. The van der Waals surface area contributed by atoms with Crippen LogP contribution in [-0.4, -0.2) is 16.6 Å². The number of rotatable bonds is 0. The summed E-state index contributed by atoms with van der Waals surface area (Å²) in [5.74, 6) is 0.728. The van der Waals surface area contributed by atoms with E-state index >= 15 is 0 Å². The highest BCUT2D eigenvalue weighted by Gasteiger charge is 2.44. The molecule has 0 bridgehead atoms. The summed E-state index contributed by atoms with van der Waals surface area (Å²) in [4.78, 5) is 0. The maximum Gasteiger partial charge on any atom is 0.0706 e. The first-order valence-corrected chi connectivity index (χ1v) is 5.87. The van der Waals surface area contributed by atoms with Gasteiger partial charge in [-0.05, 0) is 37.0 Å². The van der Waals surface area contributed by atoms with Crippen LogP contribution in [0.4, 0.5) is 0 Å². The highest BCUT2D eigenvalue weighted by molar-refractivity contribution is 6.21. The second kappa shape index (κ2) is 3.43. The zero-order valence-electron chi connectivity index (χ0n) is 8.30. The van der Waals surface area contributed by atoms with E-state index in [2.05, 4.69) is 6.92 Å². The molecule has 1 nitrogen and oxygen atoms in total. The third-order valence-corrected chi connectivity index (χ3v) is 4.59. The molecular weight excluding hydrogens is 184 g/mol. The highest BCUT2D eigenvalue weighted by atomic mass is 35.5. The minimum absolute atomic E-state index is 0.000602. The Morgan fingerprint density at radius 3 is 2.92 bits per heavy atom. The predicted octanol–water partition coefficient (Wildman–Crippen LogP) is 2.95. The van der Waals surface area contributed by atoms with Crippen molar-refractivity contribution in [3.63, 3.8) is 0 Å². The van der Waals surface area contributed by atoms with Crippen molar-refractivity contribution in [3.8, 4) is 0 Å². The van der Waals surface area contributed by atoms with E-state index in [1.807, 2.05) is 0 Å². The Morgan fingerprint density at radius 1 is 1.38 bits per heavy atom. The van der Waals surface area contributed by atoms with Crippen LogP contribution < -0.4 is 0 Å². The molecule has 0 aromatic rings. The van der Waals surface area contributed by atoms with Gasteiger partial charge in [0.05, 0.1) is 11.5 Å². The van der Waals surface area contributed by atoms with E-state index in [-0.39, 0.29) is 11.5 Å². The lowest BCUT2D eigenvalue weighted by Crippen LogP contribution is -2.44. The molecule has 0 aromatic carbocycles. The van der Waals surface area contributed by atoms with Gasteiger partial charge < -0.3 is 5.11 Å². The Labute approximate surface area is 85.5 Å². The van der Waals surface area contributed by atoms with Crippen LogP contribution in [0.15, 0.2) is 0 Å². The first-order chi connectivity index (χ1) is 6.12. The number of aliphatic hydroxyl groups excluding tert-OH is 1. The molecule has 2 aliphatic rings. The Bertz CT molecular complexity index is 195. The van der Waals surface area contributed by atoms with Gasteiger partial charge in [0.2, 0.25) is 0 Å². The van der Waals surface area contributed by atoms with Gasteiger partial charge in [0, 0.05) is 0 Å². The third-order valence-electron chi connectivity index (χ3n) is 4.14. The molecule has 0 saturated heterocycles. The van der Waals surface area contributed by atoms with E-state index in [1.54, 1.807) is 0 Å². The second-order valence-corrected chi connectivity index (χ2v) is 5.68. The molecule has 2 rings (SSSR count). The van der Waals surface area contributed by atoms with Crippen LogP contribution >= 0.6 is 11.6 Å². The minimum atomic E-state index is -0.252. The van der Waals surface area contributed by atoms with E-state index < -0.39 is 0 Å². The number of hydrogen-bond donors (Lipinski definition) is 1. The molecule has 76 valence electrons. The molecule has 2 saturated carbocycles. The average Bonchev–Trinajstić information content (AvgIpc) is 2.07. The lowest BCUT2D eigenvalue weighted by Gasteiger charge is -2.48. The van der Waals surface area contributed by atoms with Gasteiger partial charge in [-0.25, -0.2) is 0 Å². The van der Waals surface area contributed by atoms with E-state index in [0.29, 0.717) is 5.41 Å². The van der Waals surface area contributed by atoms with Crippen molar-refractivity contribution in [2.45, 2.75) is 56.9 Å². The normalized spacial score (nSPS) is 51.5. The zero-order valence-corrected chi connectivity index (χ0v) is 9.06. The number of aliphatic hydroxyl groups is 1. The second-order valence-electron chi connectivity index (χ2n) is 5.12. The lowest BCUT2D eigenvalue weighted by molar-refractivity contribution is -0.00418. The van der Waals surface area contributed by atoms with Crippen molar-refractivity contribution >= 4 is 11.6 Å². The minimum Gasteiger partial charge on any atom is -0.392 e. The van der Waals surface area contributed by atoms with Gasteiger partial charge in [-0.1, -0.05) is 19.8 Å². The van der Waals surface area contributed by atoms with Crippen molar-refractivity contribution in [1.82, 2.24) is 0 Å². The van der Waals surface area contributed by atoms with Gasteiger partial charge in [0.15, 0.2) is 0 Å². The van der Waals surface area contributed by atoms with Gasteiger partial charge in [-0.3, -0.25) is 0 Å². The Hall–Kier alpha value is 0.250. The molecule has 0 aromatic heterocycles. The quantitative estimate of drug-likeness (QED) is 0.599. The Kier molecular flexibility index (Phi) is 2.59. The molecule has 1 N–H and O–H groups in total. The van der Waals surface area contributed by atoms with Crippen LogP contribution in [0.5, 0.6) is 0 Å². The van der Waals surface area contributed by atoms with Gasteiger partial charge in [0.1, 0.15) is 0 Å². The standard InChI is InChI=1S/C11H19ClO/c1-11-5-3-2-4-8(11)6-10(13)9(12)7-11/h8-10,13H,2-7H2,1H3/t8-,9-,10-,11-/m0/s1. The van der Waals surface area contributed by atoms with Crippen LogP contribution in [0.25, 0.3) is 0 Å². The Balaban J connectivity index is 2.10. The third kappa shape index (κ3) is 1.73. The van der Waals surface area contributed by atoms with Gasteiger partial charge in [0.25, 0.3) is 0 Å². The molecule has 0 heterocycles. The monoisotopic (exact) mass is 202 g/mol. The largest absolute Gasteiger partial charge is 0.392 e. The molecule has 0 spiro atoms. The summed E-state index contributed by atoms with van der Waals surface area (Å²) in [7, 11) is 0. The zero-order chi connectivity index (χ0) is 9.47. The first-order valence-electron chi connectivity index (χ1n) is 5.44. The molecule has 0 unspecified atom stereocenters. The molecular formula is C11H19ClO. The van der Waals surface area contributed by atoms with E-state index in [1.165, 1.54) is 25.7 Å². The molecule has 2 fully saturated rings. The van der Waals surface area contributed by atoms with Crippen LogP contribution in [0.2, 0.25) is 0 Å². The number of fused-ring (bicyclic) bond motifs is 1. The average molecular weight is 203 g/mol. The summed E-state index contributed by atoms with van der Waals surface area (Å²) in [6.07, 6.45) is 7.01. The van der Waals surface area contributed by atoms with Crippen LogP contribution in [0.3, 0.4) is 0 Å². The van der Waals surface area contributed by atoms with E-state index in [0.717, 1.165) is 18.8 Å². The maximum atomic E-state index is 9.70. The fourth-order valence-corrected chi connectivity index (χ4v) is 3.62. The lowest BCUT2D eigenvalue weighted by atomic mass is 9.60. The van der Waals surface area contributed by atoms with Crippen molar-refractivity contribution in [3.05, 3.63) is 0 Å². The van der Waals surface area contributed by atoms with Gasteiger partial charge in [-0.2, -0.15) is 0 Å². The summed E-state index contributed by atoms with van der Waals surface area (Å²) in [6, 6.07) is 0. The molecule has 0 amide bonds. The SMILES string of the molecule is C[C@@]12CCCC[C@H]1C[C@H](O)[C@@H](Cl)C2. The summed E-state index contributed by atoms with van der Waals surface area (Å²) in [5.41, 5.74) is 0.434. The van der Waals surface area contributed by atoms with Crippen molar-refractivity contribution in [2.24, 2.45) is 11.3 Å². The smallest absolute Gasteiger partial charge is 0.0706 e. The fourth-order valence-electron chi connectivity index (χ4n) is 3.16. The van der Waals surface area contributed by atoms with Crippen molar-refractivity contribution in [2.75, 3.05) is 0 Å². The number of alkyl halides is 1. The van der Waals surface area contributed by atoms with Crippen LogP contribution in [-0.2, 0) is 0 Å². The number of halogens is 1. The maximum absolute atomic E-state index is 9.70. The molecule has 0 aliphatic heterocycles. The number of hydrogen-bond acceptors (Lipinski definition) is 1. The molecule has 2 aliphatic carbocycles. The summed E-state index contributed by atoms with van der Waals surface area (Å²) >= 11 is 6.13. The van der Waals surface area contributed by atoms with Crippen molar-refractivity contribution < 1.29 is 5.11 Å². The fraction of sp³-hybridized carbons (Fsp3) is 1.00. The van der Waals surface area contributed by atoms with Crippen LogP contribution in [0, 0.1) is 11.3 Å². The summed E-state index contributed by atoms with van der Waals surface area (Å²) < 4.78 is 0. The van der Waals surface area contributed by atoms with E-state index in [4.69, 9.17) is 11.6 Å². The molecule has 2 heteroatoms. The summed E-state index contributed by atoms with van der Waals surface area (Å²) in [6.45, 7) is 2.36. The highest BCUT2D eigenvalue weighted by Crippen LogP contribution is 2.51. The topological polar surface area (TPSA) is 20.2 Å².